The number of aryl methyl sites for hydroxylation is 1. The zero-order chi connectivity index (χ0) is 11.7. The molecule has 16 heavy (non-hydrogen) atoms. The highest BCUT2D eigenvalue weighted by molar-refractivity contribution is 5.77. The lowest BCUT2D eigenvalue weighted by Crippen LogP contribution is -1.96. The first kappa shape index (κ1) is 10.6. The second-order valence-electron chi connectivity index (χ2n) is 3.64. The van der Waals surface area contributed by atoms with E-state index in [1.54, 1.807) is 31.2 Å². The van der Waals surface area contributed by atoms with Crippen LogP contribution >= 0.6 is 0 Å². The van der Waals surface area contributed by atoms with E-state index < -0.39 is 11.6 Å². The van der Waals surface area contributed by atoms with Crippen LogP contribution in [0.15, 0.2) is 36.4 Å². The normalized spacial score (nSPS) is 10.4. The Bertz CT molecular complexity index is 535. The molecule has 82 valence electrons. The molecule has 2 aromatic rings. The quantitative estimate of drug-likeness (QED) is 0.729. The van der Waals surface area contributed by atoms with Crippen LogP contribution in [0.3, 0.4) is 0 Å². The zero-order valence-electron chi connectivity index (χ0n) is 8.80. The number of nitrogens with two attached hydrogens (primary N) is 1. The van der Waals surface area contributed by atoms with E-state index in [9.17, 15) is 8.78 Å². The molecular formula is C13H11F2N. The lowest BCUT2D eigenvalue weighted by Gasteiger charge is -2.09. The van der Waals surface area contributed by atoms with Crippen molar-refractivity contribution in [3.8, 4) is 11.1 Å². The summed E-state index contributed by atoms with van der Waals surface area (Å²) in [6.45, 7) is 1.59. The fourth-order valence-corrected chi connectivity index (χ4v) is 1.63. The highest BCUT2D eigenvalue weighted by Gasteiger charge is 2.15. The standard InChI is InChI=1S/C13H11F2N/c1-8-6-7-10(14)12(13(8)15)9-4-2-3-5-11(9)16/h2-7H,16H2,1H3. The third-order valence-electron chi connectivity index (χ3n) is 2.51. The minimum absolute atomic E-state index is 0.0573. The highest BCUT2D eigenvalue weighted by atomic mass is 19.1. The molecular weight excluding hydrogens is 208 g/mol. The first-order chi connectivity index (χ1) is 7.61. The van der Waals surface area contributed by atoms with Crippen molar-refractivity contribution in [2.45, 2.75) is 6.92 Å². The number of nitrogen functional groups attached to an aromatic ring is 1. The predicted octanol–water partition coefficient (Wildman–Crippen LogP) is 3.52. The summed E-state index contributed by atoms with van der Waals surface area (Å²) in [6.07, 6.45) is 0. The average molecular weight is 219 g/mol. The van der Waals surface area contributed by atoms with Crippen LogP contribution in [0, 0.1) is 18.6 Å². The van der Waals surface area contributed by atoms with E-state index in [4.69, 9.17) is 5.73 Å². The smallest absolute Gasteiger partial charge is 0.136 e. The number of hydrogen-bond acceptors (Lipinski definition) is 1. The lowest BCUT2D eigenvalue weighted by molar-refractivity contribution is 0.584. The van der Waals surface area contributed by atoms with Crippen LogP contribution < -0.4 is 5.73 Å². The van der Waals surface area contributed by atoms with Gasteiger partial charge in [-0.2, -0.15) is 0 Å². The van der Waals surface area contributed by atoms with Crippen molar-refractivity contribution in [2.24, 2.45) is 0 Å². The van der Waals surface area contributed by atoms with Gasteiger partial charge in [0.05, 0.1) is 5.56 Å². The Morgan fingerprint density at radius 3 is 2.38 bits per heavy atom. The molecule has 0 unspecified atom stereocenters. The maximum absolute atomic E-state index is 13.8. The van der Waals surface area contributed by atoms with Gasteiger partial charge in [0.1, 0.15) is 11.6 Å². The van der Waals surface area contributed by atoms with Gasteiger partial charge in [0.15, 0.2) is 0 Å². The SMILES string of the molecule is Cc1ccc(F)c(-c2ccccc2N)c1F. The second kappa shape index (κ2) is 3.93. The molecule has 0 saturated carbocycles. The van der Waals surface area contributed by atoms with Crippen molar-refractivity contribution in [1.82, 2.24) is 0 Å². The first-order valence-electron chi connectivity index (χ1n) is 4.90. The molecule has 0 aliphatic rings. The molecule has 0 atom stereocenters. The molecule has 3 heteroatoms. The Labute approximate surface area is 92.5 Å². The Morgan fingerprint density at radius 2 is 1.69 bits per heavy atom. The van der Waals surface area contributed by atoms with E-state index in [-0.39, 0.29) is 5.56 Å². The molecule has 0 heterocycles. The molecule has 0 fully saturated rings. The summed E-state index contributed by atoms with van der Waals surface area (Å²) in [5.41, 5.74) is 6.81. The molecule has 0 amide bonds. The van der Waals surface area contributed by atoms with Crippen molar-refractivity contribution in [3.63, 3.8) is 0 Å². The molecule has 1 nitrogen and oxygen atoms in total. The summed E-state index contributed by atoms with van der Waals surface area (Å²) in [5.74, 6) is -1.15. The van der Waals surface area contributed by atoms with Crippen LogP contribution in [0.5, 0.6) is 0 Å². The van der Waals surface area contributed by atoms with Crippen LogP contribution in [0.1, 0.15) is 5.56 Å². The van der Waals surface area contributed by atoms with E-state index >= 15 is 0 Å². The zero-order valence-corrected chi connectivity index (χ0v) is 8.80. The van der Waals surface area contributed by atoms with Gasteiger partial charge in [0.2, 0.25) is 0 Å². The summed E-state index contributed by atoms with van der Waals surface area (Å²) in [5, 5.41) is 0. The highest BCUT2D eigenvalue weighted by Crippen LogP contribution is 2.31. The van der Waals surface area contributed by atoms with E-state index in [0.29, 0.717) is 16.8 Å². The maximum Gasteiger partial charge on any atom is 0.136 e. The third-order valence-corrected chi connectivity index (χ3v) is 2.51. The second-order valence-corrected chi connectivity index (χ2v) is 3.64. The minimum Gasteiger partial charge on any atom is -0.398 e. The van der Waals surface area contributed by atoms with Gasteiger partial charge in [-0.3, -0.25) is 0 Å². The topological polar surface area (TPSA) is 26.0 Å². The van der Waals surface area contributed by atoms with E-state index in [1.165, 1.54) is 12.1 Å². The third kappa shape index (κ3) is 1.65. The fourth-order valence-electron chi connectivity index (χ4n) is 1.63. The summed E-state index contributed by atoms with van der Waals surface area (Å²) in [7, 11) is 0. The van der Waals surface area contributed by atoms with Crippen molar-refractivity contribution in [2.75, 3.05) is 5.73 Å². The number of para-hydroxylation sites is 1. The van der Waals surface area contributed by atoms with Gasteiger partial charge in [-0.1, -0.05) is 24.3 Å². The molecule has 0 saturated heterocycles. The van der Waals surface area contributed by atoms with Gasteiger partial charge in [0, 0.05) is 11.3 Å². The number of rotatable bonds is 1. The lowest BCUT2D eigenvalue weighted by atomic mass is 10.0. The predicted molar refractivity (Wildman–Crippen MR) is 60.9 cm³/mol. The summed E-state index contributed by atoms with van der Waals surface area (Å²) >= 11 is 0. The van der Waals surface area contributed by atoms with Crippen LogP contribution in [0.2, 0.25) is 0 Å². The summed E-state index contributed by atoms with van der Waals surface area (Å²) < 4.78 is 27.4. The average Bonchev–Trinajstić information content (AvgIpc) is 2.27. The maximum atomic E-state index is 13.8. The summed E-state index contributed by atoms with van der Waals surface area (Å²) in [6, 6.07) is 9.32. The Balaban J connectivity index is 2.74. The molecule has 0 aliphatic heterocycles. The molecule has 0 radical (unpaired) electrons. The fraction of sp³-hybridized carbons (Fsp3) is 0.0769. The van der Waals surface area contributed by atoms with Crippen LogP contribution in [0.4, 0.5) is 14.5 Å². The molecule has 2 N–H and O–H groups in total. The summed E-state index contributed by atoms with van der Waals surface area (Å²) in [4.78, 5) is 0. The molecule has 0 bridgehead atoms. The van der Waals surface area contributed by atoms with Gasteiger partial charge >= 0.3 is 0 Å². The van der Waals surface area contributed by atoms with Gasteiger partial charge in [0.25, 0.3) is 0 Å². The minimum atomic E-state index is -0.596. The van der Waals surface area contributed by atoms with Gasteiger partial charge in [-0.15, -0.1) is 0 Å². The van der Waals surface area contributed by atoms with Crippen molar-refractivity contribution < 1.29 is 8.78 Å². The molecule has 2 aromatic carbocycles. The largest absolute Gasteiger partial charge is 0.398 e. The number of hydrogen-bond donors (Lipinski definition) is 1. The number of benzene rings is 2. The Morgan fingerprint density at radius 1 is 1.00 bits per heavy atom. The Kier molecular flexibility index (Phi) is 2.60. The van der Waals surface area contributed by atoms with Crippen molar-refractivity contribution >= 4 is 5.69 Å². The van der Waals surface area contributed by atoms with Crippen LogP contribution in [0.25, 0.3) is 11.1 Å². The van der Waals surface area contributed by atoms with E-state index in [1.807, 2.05) is 0 Å². The monoisotopic (exact) mass is 219 g/mol. The Hall–Kier alpha value is -1.90. The molecule has 0 aliphatic carbocycles. The molecule has 2 rings (SSSR count). The van der Waals surface area contributed by atoms with E-state index in [0.717, 1.165) is 0 Å². The van der Waals surface area contributed by atoms with Crippen molar-refractivity contribution in [1.29, 1.82) is 0 Å². The van der Waals surface area contributed by atoms with E-state index in [2.05, 4.69) is 0 Å². The van der Waals surface area contributed by atoms with Gasteiger partial charge in [-0.25, -0.2) is 8.78 Å². The number of anilines is 1. The van der Waals surface area contributed by atoms with Gasteiger partial charge in [-0.05, 0) is 24.6 Å². The number of halogens is 2. The van der Waals surface area contributed by atoms with Gasteiger partial charge < -0.3 is 5.73 Å². The van der Waals surface area contributed by atoms with Crippen molar-refractivity contribution in [3.05, 3.63) is 53.6 Å². The van der Waals surface area contributed by atoms with Crippen LogP contribution in [-0.4, -0.2) is 0 Å². The molecule has 0 aromatic heterocycles. The molecule has 0 spiro atoms. The first-order valence-corrected chi connectivity index (χ1v) is 4.90. The van der Waals surface area contributed by atoms with Crippen LogP contribution in [-0.2, 0) is 0 Å².